The summed E-state index contributed by atoms with van der Waals surface area (Å²) in [5.74, 6) is -0.606. The van der Waals surface area contributed by atoms with Gasteiger partial charge >= 0.3 is 0 Å². The van der Waals surface area contributed by atoms with E-state index in [-0.39, 0.29) is 17.0 Å². The van der Waals surface area contributed by atoms with Crippen LogP contribution in [0.2, 0.25) is 0 Å². The van der Waals surface area contributed by atoms with Crippen molar-refractivity contribution in [3.05, 3.63) is 24.0 Å². The molecule has 0 unspecified atom stereocenters. The third kappa shape index (κ3) is 1.85. The summed E-state index contributed by atoms with van der Waals surface area (Å²) >= 11 is 0. The third-order valence-electron chi connectivity index (χ3n) is 2.17. The van der Waals surface area contributed by atoms with E-state index in [1.165, 1.54) is 19.1 Å². The van der Waals surface area contributed by atoms with Gasteiger partial charge in [-0.2, -0.15) is 5.10 Å². The van der Waals surface area contributed by atoms with Crippen molar-refractivity contribution in [2.45, 2.75) is 6.92 Å². The summed E-state index contributed by atoms with van der Waals surface area (Å²) in [5.41, 5.74) is 0.453. The van der Waals surface area contributed by atoms with Crippen LogP contribution in [-0.2, 0) is 10.0 Å². The Kier molecular flexibility index (Phi) is 2.55. The second-order valence-corrected chi connectivity index (χ2v) is 5.25. The van der Waals surface area contributed by atoms with Gasteiger partial charge in [0.25, 0.3) is 0 Å². The third-order valence-corrected chi connectivity index (χ3v) is 3.44. The van der Waals surface area contributed by atoms with Gasteiger partial charge in [-0.05, 0) is 19.1 Å². The van der Waals surface area contributed by atoms with Crippen molar-refractivity contribution in [2.24, 2.45) is 0 Å². The van der Waals surface area contributed by atoms with Crippen LogP contribution in [0.1, 0.15) is 6.92 Å². The van der Waals surface area contributed by atoms with Gasteiger partial charge in [0, 0.05) is 0 Å². The van der Waals surface area contributed by atoms with Crippen LogP contribution in [0.25, 0.3) is 10.9 Å². The van der Waals surface area contributed by atoms with Gasteiger partial charge in [0.1, 0.15) is 5.82 Å². The monoisotopic (exact) mass is 243 g/mol. The second-order valence-electron chi connectivity index (χ2n) is 3.24. The van der Waals surface area contributed by atoms with Gasteiger partial charge in [0.2, 0.25) is 10.0 Å². The van der Waals surface area contributed by atoms with Gasteiger partial charge < -0.3 is 0 Å². The van der Waals surface area contributed by atoms with E-state index in [1.807, 2.05) is 0 Å². The van der Waals surface area contributed by atoms with Gasteiger partial charge in [-0.25, -0.2) is 12.8 Å². The fourth-order valence-corrected chi connectivity index (χ4v) is 1.91. The number of sulfonamides is 1. The summed E-state index contributed by atoms with van der Waals surface area (Å²) in [6.45, 7) is 1.49. The van der Waals surface area contributed by atoms with E-state index < -0.39 is 15.8 Å². The smallest absolute Gasteiger partial charge is 0.233 e. The minimum Gasteiger partial charge on any atom is -0.276 e. The molecule has 86 valence electrons. The minimum atomic E-state index is -3.45. The molecule has 7 heteroatoms. The van der Waals surface area contributed by atoms with E-state index >= 15 is 0 Å². The van der Waals surface area contributed by atoms with Crippen LogP contribution >= 0.6 is 0 Å². The Hall–Kier alpha value is -1.63. The van der Waals surface area contributed by atoms with Crippen LogP contribution < -0.4 is 4.72 Å². The lowest BCUT2D eigenvalue weighted by Gasteiger charge is -2.02. The Morgan fingerprint density at radius 2 is 2.25 bits per heavy atom. The highest BCUT2D eigenvalue weighted by Gasteiger charge is 2.14. The Bertz CT molecular complexity index is 621. The second kappa shape index (κ2) is 3.75. The average molecular weight is 243 g/mol. The van der Waals surface area contributed by atoms with Crippen LogP contribution in [0.4, 0.5) is 10.2 Å². The van der Waals surface area contributed by atoms with E-state index in [2.05, 4.69) is 14.9 Å². The van der Waals surface area contributed by atoms with Crippen molar-refractivity contribution in [1.29, 1.82) is 0 Å². The Morgan fingerprint density at radius 1 is 1.50 bits per heavy atom. The Labute approximate surface area is 91.7 Å². The van der Waals surface area contributed by atoms with E-state index in [4.69, 9.17) is 0 Å². The zero-order valence-electron chi connectivity index (χ0n) is 8.49. The number of aromatic nitrogens is 2. The highest BCUT2D eigenvalue weighted by atomic mass is 32.2. The molecule has 0 aliphatic heterocycles. The van der Waals surface area contributed by atoms with Gasteiger partial charge in [0.05, 0.1) is 16.7 Å². The topological polar surface area (TPSA) is 74.8 Å². The number of anilines is 1. The molecule has 0 aliphatic rings. The molecule has 0 fully saturated rings. The SMILES string of the molecule is CCS(=O)(=O)Nc1n[nH]c2cccc(F)c12. The molecule has 0 bridgehead atoms. The molecular weight excluding hydrogens is 233 g/mol. The molecule has 16 heavy (non-hydrogen) atoms. The maximum atomic E-state index is 13.5. The van der Waals surface area contributed by atoms with Gasteiger partial charge in [-0.3, -0.25) is 9.82 Å². The summed E-state index contributed by atoms with van der Waals surface area (Å²) in [7, 11) is -3.45. The zero-order valence-corrected chi connectivity index (χ0v) is 9.31. The Morgan fingerprint density at radius 3 is 2.94 bits per heavy atom. The molecule has 1 aromatic carbocycles. The molecule has 0 aliphatic carbocycles. The van der Waals surface area contributed by atoms with Crippen molar-refractivity contribution in [3.63, 3.8) is 0 Å². The predicted octanol–water partition coefficient (Wildman–Crippen LogP) is 1.46. The summed E-state index contributed by atoms with van der Waals surface area (Å²) in [6.07, 6.45) is 0. The fraction of sp³-hybridized carbons (Fsp3) is 0.222. The van der Waals surface area contributed by atoms with Crippen LogP contribution in [0.5, 0.6) is 0 Å². The lowest BCUT2D eigenvalue weighted by Crippen LogP contribution is -2.15. The molecule has 0 spiro atoms. The van der Waals surface area contributed by atoms with Crippen molar-refractivity contribution in [3.8, 4) is 0 Å². The number of benzene rings is 1. The molecule has 0 amide bonds. The van der Waals surface area contributed by atoms with Gasteiger partial charge in [0.15, 0.2) is 5.82 Å². The zero-order chi connectivity index (χ0) is 11.8. The van der Waals surface area contributed by atoms with E-state index in [9.17, 15) is 12.8 Å². The van der Waals surface area contributed by atoms with Crippen molar-refractivity contribution < 1.29 is 12.8 Å². The molecule has 0 saturated heterocycles. The molecule has 2 N–H and O–H groups in total. The Balaban J connectivity index is 2.54. The summed E-state index contributed by atoms with van der Waals surface area (Å²) in [6, 6.07) is 4.39. The summed E-state index contributed by atoms with van der Waals surface area (Å²) in [5, 5.41) is 6.45. The number of nitrogens with zero attached hydrogens (tertiary/aromatic N) is 1. The molecule has 0 atom stereocenters. The normalized spacial score (nSPS) is 11.9. The molecule has 1 heterocycles. The van der Waals surface area contributed by atoms with Crippen LogP contribution in [0.3, 0.4) is 0 Å². The standard InChI is InChI=1S/C9H10FN3O2S/c1-2-16(14,15)13-9-8-6(10)4-3-5-7(8)11-12-9/h3-5H,2H2,1H3,(H2,11,12,13). The van der Waals surface area contributed by atoms with E-state index in [1.54, 1.807) is 6.07 Å². The van der Waals surface area contributed by atoms with Crippen LogP contribution in [0.15, 0.2) is 18.2 Å². The highest BCUT2D eigenvalue weighted by molar-refractivity contribution is 7.92. The van der Waals surface area contributed by atoms with Crippen LogP contribution in [-0.4, -0.2) is 24.4 Å². The number of hydrogen-bond acceptors (Lipinski definition) is 3. The van der Waals surface area contributed by atoms with Crippen molar-refractivity contribution >= 4 is 26.7 Å². The number of aromatic amines is 1. The van der Waals surface area contributed by atoms with E-state index in [0.717, 1.165) is 0 Å². The quantitative estimate of drug-likeness (QED) is 0.857. The van der Waals surface area contributed by atoms with Gasteiger partial charge in [-0.15, -0.1) is 0 Å². The number of hydrogen-bond donors (Lipinski definition) is 2. The number of H-pyrrole nitrogens is 1. The number of halogens is 1. The predicted molar refractivity (Wildman–Crippen MR) is 59.1 cm³/mol. The highest BCUT2D eigenvalue weighted by Crippen LogP contribution is 2.23. The first-order chi connectivity index (χ1) is 7.53. The molecule has 0 radical (unpaired) electrons. The molecular formula is C9H10FN3O2S. The number of fused-ring (bicyclic) bond motifs is 1. The molecule has 0 saturated carbocycles. The maximum absolute atomic E-state index is 13.5. The largest absolute Gasteiger partial charge is 0.276 e. The first-order valence-corrected chi connectivity index (χ1v) is 6.32. The van der Waals surface area contributed by atoms with E-state index in [0.29, 0.717) is 5.52 Å². The number of rotatable bonds is 3. The molecule has 5 nitrogen and oxygen atoms in total. The minimum absolute atomic E-state index is 0.00468. The lowest BCUT2D eigenvalue weighted by molar-refractivity contribution is 0.602. The first-order valence-electron chi connectivity index (χ1n) is 4.66. The first kappa shape index (κ1) is 10.9. The summed E-state index contributed by atoms with van der Waals surface area (Å²) in [4.78, 5) is 0. The average Bonchev–Trinajstić information content (AvgIpc) is 2.62. The lowest BCUT2D eigenvalue weighted by atomic mass is 10.2. The molecule has 2 rings (SSSR count). The molecule has 2 aromatic rings. The van der Waals surface area contributed by atoms with Gasteiger partial charge in [-0.1, -0.05) is 6.07 Å². The maximum Gasteiger partial charge on any atom is 0.233 e. The van der Waals surface area contributed by atoms with Crippen molar-refractivity contribution in [1.82, 2.24) is 10.2 Å². The fourth-order valence-electron chi connectivity index (χ4n) is 1.32. The molecule has 1 aromatic heterocycles. The van der Waals surface area contributed by atoms with Crippen molar-refractivity contribution in [2.75, 3.05) is 10.5 Å². The summed E-state index contributed by atoms with van der Waals surface area (Å²) < 4.78 is 38.4. The van der Waals surface area contributed by atoms with Crippen LogP contribution in [0, 0.1) is 5.82 Å². The number of nitrogens with one attached hydrogen (secondary N) is 2.